The first kappa shape index (κ1) is 32.8. The van der Waals surface area contributed by atoms with Crippen LogP contribution in [0.15, 0.2) is 84.9 Å². The van der Waals surface area contributed by atoms with Crippen LogP contribution in [0.1, 0.15) is 45.2 Å². The fourth-order valence-electron chi connectivity index (χ4n) is 5.89. The number of aromatic nitrogens is 3. The predicted molar refractivity (Wildman–Crippen MR) is 184 cm³/mol. The van der Waals surface area contributed by atoms with E-state index in [0.29, 0.717) is 66.8 Å². The maximum absolute atomic E-state index is 15.8. The highest BCUT2D eigenvalue weighted by Gasteiger charge is 2.32. The summed E-state index contributed by atoms with van der Waals surface area (Å²) in [6.45, 7) is 9.34. The molecule has 1 saturated heterocycles. The van der Waals surface area contributed by atoms with Crippen molar-refractivity contribution in [1.82, 2.24) is 19.7 Å². The molecule has 6 rings (SSSR count). The largest absolute Gasteiger partial charge is 0.473 e. The number of aryl methyl sites for hydroxylation is 1. The lowest BCUT2D eigenvalue weighted by Gasteiger charge is -2.38. The van der Waals surface area contributed by atoms with Crippen LogP contribution in [0.5, 0.6) is 11.8 Å². The summed E-state index contributed by atoms with van der Waals surface area (Å²) >= 11 is 0. The van der Waals surface area contributed by atoms with Gasteiger partial charge in [-0.25, -0.2) is 9.18 Å². The number of carbonyl (C=O) groups excluding carboxylic acids is 1. The van der Waals surface area contributed by atoms with Gasteiger partial charge in [0.05, 0.1) is 16.8 Å². The Bertz CT molecular complexity index is 1870. The monoisotopic (exact) mass is 651 g/mol. The fraction of sp³-hybridized carbons (Fsp3) is 0.342. The number of nitrogens with one attached hydrogen (secondary N) is 1. The number of nitrogens with zero attached hydrogens (tertiary/aromatic N) is 4. The highest BCUT2D eigenvalue weighted by Crippen LogP contribution is 2.37. The SMILES string of the molecule is C[C@@H]1CN(C(=O)OC(C)(C)C)CC[C@H]1Nc1cc2c(cc1F)c(-c1ccc(OCc3ccccc3)nc1OCc1ccccc1)nn2C. The standard InChI is InChI=1S/C38H42FN5O4/c1-25-22-44(37(45)48-38(2,3)4)19-18-31(25)40-32-21-33-29(20-30(32)39)35(42-43(33)5)28-16-17-34(46-23-26-12-8-6-9-13-26)41-36(28)47-24-27-14-10-7-11-15-27/h6-17,20-21,25,31,40H,18-19,22-24H2,1-5H3/t25-,31-/m1/s1. The van der Waals surface area contributed by atoms with Crippen molar-refractivity contribution in [1.29, 1.82) is 0 Å². The van der Waals surface area contributed by atoms with Crippen LogP contribution >= 0.6 is 0 Å². The van der Waals surface area contributed by atoms with Gasteiger partial charge in [-0.3, -0.25) is 4.68 Å². The number of likely N-dealkylation sites (tertiary alicyclic amines) is 1. The zero-order valence-corrected chi connectivity index (χ0v) is 28.1. The number of anilines is 1. The van der Waals surface area contributed by atoms with E-state index in [-0.39, 0.29) is 23.9 Å². The van der Waals surface area contributed by atoms with Gasteiger partial charge in [0.1, 0.15) is 30.3 Å². The summed E-state index contributed by atoms with van der Waals surface area (Å²) in [5, 5.41) is 8.85. The first-order valence-corrected chi connectivity index (χ1v) is 16.3. The van der Waals surface area contributed by atoms with Crippen LogP contribution < -0.4 is 14.8 Å². The molecule has 250 valence electrons. The van der Waals surface area contributed by atoms with Crippen molar-refractivity contribution >= 4 is 22.7 Å². The van der Waals surface area contributed by atoms with Crippen molar-refractivity contribution in [3.05, 3.63) is 102 Å². The highest BCUT2D eigenvalue weighted by atomic mass is 19.1. The van der Waals surface area contributed by atoms with Gasteiger partial charge in [0.25, 0.3) is 0 Å². The van der Waals surface area contributed by atoms with Crippen LogP contribution in [0.2, 0.25) is 0 Å². The number of fused-ring (bicyclic) bond motifs is 1. The molecular weight excluding hydrogens is 609 g/mol. The average molecular weight is 652 g/mol. The molecule has 2 aromatic heterocycles. The normalized spacial score (nSPS) is 16.5. The molecule has 0 saturated carbocycles. The third-order valence-corrected chi connectivity index (χ3v) is 8.37. The van der Waals surface area contributed by atoms with Crippen molar-refractivity contribution < 1.29 is 23.4 Å². The lowest BCUT2D eigenvalue weighted by Crippen LogP contribution is -2.49. The Balaban J connectivity index is 1.25. The molecule has 48 heavy (non-hydrogen) atoms. The molecule has 2 atom stereocenters. The number of hydrogen-bond acceptors (Lipinski definition) is 7. The van der Waals surface area contributed by atoms with Crippen molar-refractivity contribution in [2.24, 2.45) is 13.0 Å². The molecule has 3 aromatic carbocycles. The van der Waals surface area contributed by atoms with E-state index in [0.717, 1.165) is 16.6 Å². The highest BCUT2D eigenvalue weighted by molar-refractivity contribution is 5.96. The van der Waals surface area contributed by atoms with Gasteiger partial charge in [0.2, 0.25) is 11.8 Å². The Morgan fingerprint density at radius 3 is 2.27 bits per heavy atom. The van der Waals surface area contributed by atoms with Gasteiger partial charge in [-0.05, 0) is 62.4 Å². The molecule has 3 heterocycles. The molecule has 9 nitrogen and oxygen atoms in total. The molecular formula is C38H42FN5O4. The minimum Gasteiger partial charge on any atom is -0.473 e. The van der Waals surface area contributed by atoms with E-state index < -0.39 is 5.60 Å². The summed E-state index contributed by atoms with van der Waals surface area (Å²) in [5.41, 5.74) is 3.79. The number of amides is 1. The number of benzene rings is 3. The van der Waals surface area contributed by atoms with E-state index in [1.807, 2.05) is 94.5 Å². The smallest absolute Gasteiger partial charge is 0.410 e. The summed E-state index contributed by atoms with van der Waals surface area (Å²) < 4.78 is 35.4. The van der Waals surface area contributed by atoms with Crippen LogP contribution in [0.4, 0.5) is 14.9 Å². The summed E-state index contributed by atoms with van der Waals surface area (Å²) in [4.78, 5) is 19.1. The van der Waals surface area contributed by atoms with Crippen LogP contribution in [-0.4, -0.2) is 50.5 Å². The zero-order valence-electron chi connectivity index (χ0n) is 28.1. The van der Waals surface area contributed by atoms with Gasteiger partial charge < -0.3 is 24.4 Å². The molecule has 1 fully saturated rings. The minimum absolute atomic E-state index is 0.0195. The van der Waals surface area contributed by atoms with Crippen molar-refractivity contribution in [3.63, 3.8) is 0 Å². The topological polar surface area (TPSA) is 90.7 Å². The molecule has 0 spiro atoms. The molecule has 0 bridgehead atoms. The summed E-state index contributed by atoms with van der Waals surface area (Å²) in [5.74, 6) is 0.454. The Hall–Kier alpha value is -5.12. The Kier molecular flexibility index (Phi) is 9.52. The Labute approximate surface area is 280 Å². The lowest BCUT2D eigenvalue weighted by molar-refractivity contribution is 0.0165. The predicted octanol–water partition coefficient (Wildman–Crippen LogP) is 7.99. The second-order valence-electron chi connectivity index (χ2n) is 13.3. The minimum atomic E-state index is -0.557. The average Bonchev–Trinajstić information content (AvgIpc) is 3.38. The van der Waals surface area contributed by atoms with E-state index in [1.165, 1.54) is 6.07 Å². The first-order chi connectivity index (χ1) is 23.0. The zero-order chi connectivity index (χ0) is 33.8. The van der Waals surface area contributed by atoms with Crippen LogP contribution in [0, 0.1) is 11.7 Å². The molecule has 0 unspecified atom stereocenters. The number of hydrogen-bond donors (Lipinski definition) is 1. The fourth-order valence-corrected chi connectivity index (χ4v) is 5.89. The molecule has 0 aliphatic carbocycles. The molecule has 5 aromatic rings. The van der Waals surface area contributed by atoms with E-state index >= 15 is 4.39 Å². The molecule has 0 radical (unpaired) electrons. The van der Waals surface area contributed by atoms with Gasteiger partial charge in [0, 0.05) is 37.6 Å². The van der Waals surface area contributed by atoms with Crippen molar-refractivity contribution in [3.8, 4) is 23.0 Å². The molecule has 1 aliphatic rings. The van der Waals surface area contributed by atoms with Gasteiger partial charge in [-0.1, -0.05) is 67.6 Å². The van der Waals surface area contributed by atoms with Crippen molar-refractivity contribution in [2.75, 3.05) is 18.4 Å². The molecule has 1 N–H and O–H groups in total. The maximum Gasteiger partial charge on any atom is 0.410 e. The molecule has 10 heteroatoms. The van der Waals surface area contributed by atoms with Gasteiger partial charge in [0.15, 0.2) is 0 Å². The van der Waals surface area contributed by atoms with Gasteiger partial charge >= 0.3 is 6.09 Å². The number of rotatable bonds is 9. The number of carbonyl (C=O) groups is 1. The van der Waals surface area contributed by atoms with Crippen LogP contribution in [0.25, 0.3) is 22.2 Å². The first-order valence-electron chi connectivity index (χ1n) is 16.3. The maximum atomic E-state index is 15.8. The summed E-state index contributed by atoms with van der Waals surface area (Å²) in [7, 11) is 1.84. The Morgan fingerprint density at radius 1 is 0.958 bits per heavy atom. The number of ether oxygens (including phenoxy) is 3. The van der Waals surface area contributed by atoms with Gasteiger partial charge in [-0.15, -0.1) is 0 Å². The lowest BCUT2D eigenvalue weighted by atomic mass is 9.93. The molecule has 1 aliphatic heterocycles. The van der Waals surface area contributed by atoms with E-state index in [1.54, 1.807) is 21.7 Å². The third kappa shape index (κ3) is 7.70. The van der Waals surface area contributed by atoms with Crippen LogP contribution in [-0.2, 0) is 25.0 Å². The van der Waals surface area contributed by atoms with E-state index in [4.69, 9.17) is 24.3 Å². The second-order valence-corrected chi connectivity index (χ2v) is 13.3. The Morgan fingerprint density at radius 2 is 1.62 bits per heavy atom. The number of halogens is 1. The quantitative estimate of drug-likeness (QED) is 0.173. The number of pyridine rings is 1. The number of piperidine rings is 1. The van der Waals surface area contributed by atoms with E-state index in [9.17, 15) is 4.79 Å². The van der Waals surface area contributed by atoms with Crippen LogP contribution in [0.3, 0.4) is 0 Å². The second kappa shape index (κ2) is 13.9. The van der Waals surface area contributed by atoms with Gasteiger partial charge in [-0.2, -0.15) is 10.1 Å². The summed E-state index contributed by atoms with van der Waals surface area (Å²) in [6.07, 6.45) is 0.348. The van der Waals surface area contributed by atoms with E-state index in [2.05, 4.69) is 12.2 Å². The summed E-state index contributed by atoms with van der Waals surface area (Å²) in [6, 6.07) is 26.6. The van der Waals surface area contributed by atoms with Crippen molar-refractivity contribution in [2.45, 2.75) is 59.0 Å². The third-order valence-electron chi connectivity index (χ3n) is 8.37. The molecule has 1 amide bonds.